The van der Waals surface area contributed by atoms with Crippen LogP contribution in [0.15, 0.2) is 48.5 Å². The second-order valence-electron chi connectivity index (χ2n) is 4.61. The van der Waals surface area contributed by atoms with Gasteiger partial charge in [-0.3, -0.25) is 0 Å². The normalized spacial score (nSPS) is 10.6. The second kappa shape index (κ2) is 5.05. The summed E-state index contributed by atoms with van der Waals surface area (Å²) >= 11 is 0. The highest BCUT2D eigenvalue weighted by Gasteiger charge is 2.08. The van der Waals surface area contributed by atoms with Gasteiger partial charge in [0.05, 0.1) is 0 Å². The molecule has 0 heterocycles. The standard InChI is InChI=1S/C16H18O/c1-12(2)15-10-9-13(3)11-16(15)17-14-7-5-4-6-8-14/h4-12H,1-3H3. The molecule has 1 heteroatoms. The zero-order valence-corrected chi connectivity index (χ0v) is 10.6. The zero-order valence-electron chi connectivity index (χ0n) is 10.6. The van der Waals surface area contributed by atoms with E-state index in [0.29, 0.717) is 5.92 Å². The average Bonchev–Trinajstić information content (AvgIpc) is 2.30. The SMILES string of the molecule is Cc1ccc(C(C)C)c(Oc2ccccc2)c1. The molecule has 0 unspecified atom stereocenters. The Balaban J connectivity index is 2.34. The smallest absolute Gasteiger partial charge is 0.131 e. The van der Waals surface area contributed by atoms with Crippen LogP contribution in [0.1, 0.15) is 30.9 Å². The molecule has 0 fully saturated rings. The molecule has 0 saturated carbocycles. The van der Waals surface area contributed by atoms with E-state index in [9.17, 15) is 0 Å². The Kier molecular flexibility index (Phi) is 3.48. The van der Waals surface area contributed by atoms with Gasteiger partial charge < -0.3 is 4.74 Å². The van der Waals surface area contributed by atoms with Gasteiger partial charge in [0.1, 0.15) is 11.5 Å². The van der Waals surface area contributed by atoms with Crippen LogP contribution in [0.5, 0.6) is 11.5 Å². The van der Waals surface area contributed by atoms with E-state index in [1.54, 1.807) is 0 Å². The molecule has 0 atom stereocenters. The summed E-state index contributed by atoms with van der Waals surface area (Å²) in [6.45, 7) is 6.45. The lowest BCUT2D eigenvalue weighted by Crippen LogP contribution is -1.94. The molecule has 0 amide bonds. The van der Waals surface area contributed by atoms with E-state index in [0.717, 1.165) is 11.5 Å². The van der Waals surface area contributed by atoms with Crippen LogP contribution in [-0.4, -0.2) is 0 Å². The largest absolute Gasteiger partial charge is 0.457 e. The third-order valence-corrected chi connectivity index (χ3v) is 2.76. The average molecular weight is 226 g/mol. The van der Waals surface area contributed by atoms with Gasteiger partial charge in [-0.05, 0) is 42.2 Å². The van der Waals surface area contributed by atoms with Crippen molar-refractivity contribution in [2.24, 2.45) is 0 Å². The third-order valence-electron chi connectivity index (χ3n) is 2.76. The minimum atomic E-state index is 0.467. The van der Waals surface area contributed by atoms with Gasteiger partial charge >= 0.3 is 0 Å². The number of para-hydroxylation sites is 1. The van der Waals surface area contributed by atoms with Gasteiger partial charge in [-0.25, -0.2) is 0 Å². The van der Waals surface area contributed by atoms with Crippen molar-refractivity contribution >= 4 is 0 Å². The number of rotatable bonds is 3. The Bertz CT molecular complexity index is 486. The first kappa shape index (κ1) is 11.7. The Morgan fingerprint density at radius 3 is 2.29 bits per heavy atom. The fourth-order valence-electron chi connectivity index (χ4n) is 1.82. The van der Waals surface area contributed by atoms with Crippen molar-refractivity contribution in [2.75, 3.05) is 0 Å². The first-order valence-electron chi connectivity index (χ1n) is 6.00. The summed E-state index contributed by atoms with van der Waals surface area (Å²) in [5, 5.41) is 0. The van der Waals surface area contributed by atoms with Crippen molar-refractivity contribution in [2.45, 2.75) is 26.7 Å². The van der Waals surface area contributed by atoms with Gasteiger partial charge in [0.2, 0.25) is 0 Å². The summed E-state index contributed by atoms with van der Waals surface area (Å²) in [6, 6.07) is 16.3. The van der Waals surface area contributed by atoms with Crippen LogP contribution in [0.4, 0.5) is 0 Å². The van der Waals surface area contributed by atoms with Gasteiger partial charge in [0.25, 0.3) is 0 Å². The minimum absolute atomic E-state index is 0.467. The molecule has 88 valence electrons. The van der Waals surface area contributed by atoms with Gasteiger partial charge in [-0.15, -0.1) is 0 Å². The lowest BCUT2D eigenvalue weighted by atomic mass is 10.0. The molecule has 0 bridgehead atoms. The summed E-state index contributed by atoms with van der Waals surface area (Å²) in [5.74, 6) is 2.32. The highest BCUT2D eigenvalue weighted by atomic mass is 16.5. The van der Waals surface area contributed by atoms with Crippen LogP contribution in [0.2, 0.25) is 0 Å². The molecule has 0 aliphatic heterocycles. The summed E-state index contributed by atoms with van der Waals surface area (Å²) < 4.78 is 5.95. The van der Waals surface area contributed by atoms with E-state index in [2.05, 4.69) is 39.0 Å². The van der Waals surface area contributed by atoms with Crippen molar-refractivity contribution < 1.29 is 4.74 Å². The highest BCUT2D eigenvalue weighted by molar-refractivity contribution is 5.42. The topological polar surface area (TPSA) is 9.23 Å². The molecule has 0 saturated heterocycles. The first-order valence-corrected chi connectivity index (χ1v) is 6.00. The van der Waals surface area contributed by atoms with E-state index < -0.39 is 0 Å². The lowest BCUT2D eigenvalue weighted by Gasteiger charge is -2.14. The monoisotopic (exact) mass is 226 g/mol. The maximum atomic E-state index is 5.95. The maximum Gasteiger partial charge on any atom is 0.131 e. The molecule has 2 rings (SSSR count). The van der Waals surface area contributed by atoms with Gasteiger partial charge in [0, 0.05) is 0 Å². The predicted octanol–water partition coefficient (Wildman–Crippen LogP) is 4.91. The lowest BCUT2D eigenvalue weighted by molar-refractivity contribution is 0.472. The summed E-state index contributed by atoms with van der Waals surface area (Å²) in [6.07, 6.45) is 0. The number of benzene rings is 2. The van der Waals surface area contributed by atoms with Crippen molar-refractivity contribution in [3.8, 4) is 11.5 Å². The van der Waals surface area contributed by atoms with Crippen LogP contribution in [-0.2, 0) is 0 Å². The van der Waals surface area contributed by atoms with Gasteiger partial charge in [0.15, 0.2) is 0 Å². The quantitative estimate of drug-likeness (QED) is 0.722. The van der Waals surface area contributed by atoms with E-state index in [1.807, 2.05) is 30.3 Å². The van der Waals surface area contributed by atoms with Crippen LogP contribution < -0.4 is 4.74 Å². The van der Waals surface area contributed by atoms with Crippen molar-refractivity contribution in [1.82, 2.24) is 0 Å². The number of aryl methyl sites for hydroxylation is 1. The molecule has 0 aliphatic carbocycles. The second-order valence-corrected chi connectivity index (χ2v) is 4.61. The maximum absolute atomic E-state index is 5.95. The molecule has 0 spiro atoms. The molecule has 2 aromatic rings. The molecule has 1 nitrogen and oxygen atoms in total. The zero-order chi connectivity index (χ0) is 12.3. The molecule has 0 radical (unpaired) electrons. The fraction of sp³-hybridized carbons (Fsp3) is 0.250. The van der Waals surface area contributed by atoms with Crippen molar-refractivity contribution in [3.63, 3.8) is 0 Å². The summed E-state index contributed by atoms with van der Waals surface area (Å²) in [5.41, 5.74) is 2.47. The predicted molar refractivity (Wildman–Crippen MR) is 71.8 cm³/mol. The van der Waals surface area contributed by atoms with Crippen molar-refractivity contribution in [3.05, 3.63) is 59.7 Å². The van der Waals surface area contributed by atoms with Gasteiger partial charge in [-0.1, -0.05) is 44.2 Å². The Morgan fingerprint density at radius 1 is 0.941 bits per heavy atom. The highest BCUT2D eigenvalue weighted by Crippen LogP contribution is 2.31. The van der Waals surface area contributed by atoms with E-state index in [4.69, 9.17) is 4.74 Å². The first-order chi connectivity index (χ1) is 8.16. The third kappa shape index (κ3) is 2.88. The number of hydrogen-bond acceptors (Lipinski definition) is 1. The Morgan fingerprint density at radius 2 is 1.65 bits per heavy atom. The molecule has 0 N–H and O–H groups in total. The number of hydrogen-bond donors (Lipinski definition) is 0. The minimum Gasteiger partial charge on any atom is -0.457 e. The van der Waals surface area contributed by atoms with E-state index in [-0.39, 0.29) is 0 Å². The molecule has 2 aromatic carbocycles. The Labute approximate surface area is 103 Å². The van der Waals surface area contributed by atoms with Crippen LogP contribution in [0, 0.1) is 6.92 Å². The van der Waals surface area contributed by atoms with E-state index in [1.165, 1.54) is 11.1 Å². The Hall–Kier alpha value is -1.76. The van der Waals surface area contributed by atoms with Crippen LogP contribution in [0.25, 0.3) is 0 Å². The fourth-order valence-corrected chi connectivity index (χ4v) is 1.82. The molecular weight excluding hydrogens is 208 g/mol. The molecule has 17 heavy (non-hydrogen) atoms. The van der Waals surface area contributed by atoms with Crippen molar-refractivity contribution in [1.29, 1.82) is 0 Å². The molecular formula is C16H18O. The summed E-state index contributed by atoms with van der Waals surface area (Å²) in [7, 11) is 0. The summed E-state index contributed by atoms with van der Waals surface area (Å²) in [4.78, 5) is 0. The molecule has 0 aliphatic rings. The van der Waals surface area contributed by atoms with E-state index >= 15 is 0 Å². The van der Waals surface area contributed by atoms with Crippen LogP contribution >= 0.6 is 0 Å². The van der Waals surface area contributed by atoms with Crippen LogP contribution in [0.3, 0.4) is 0 Å². The molecule has 0 aromatic heterocycles. The number of ether oxygens (including phenoxy) is 1. The van der Waals surface area contributed by atoms with Gasteiger partial charge in [-0.2, -0.15) is 0 Å².